The lowest BCUT2D eigenvalue weighted by molar-refractivity contribution is -0.682. The van der Waals surface area contributed by atoms with Crippen molar-refractivity contribution in [1.82, 2.24) is 0 Å². The summed E-state index contributed by atoms with van der Waals surface area (Å²) in [6.45, 7) is 2.41. The van der Waals surface area contributed by atoms with E-state index in [1.807, 2.05) is 84.2 Å². The Bertz CT molecular complexity index is 880. The lowest BCUT2D eigenvalue weighted by Crippen LogP contribution is -2.86. The van der Waals surface area contributed by atoms with Crippen LogP contribution in [0.1, 0.15) is 18.5 Å². The Labute approximate surface area is 159 Å². The molecule has 0 fully saturated rings. The van der Waals surface area contributed by atoms with E-state index in [0.29, 0.717) is 11.6 Å². The van der Waals surface area contributed by atoms with E-state index in [1.54, 1.807) is 0 Å². The largest absolute Gasteiger partial charge is 0.333 e. The van der Waals surface area contributed by atoms with Crippen LogP contribution in [0.15, 0.2) is 78.9 Å². The monoisotopic (exact) mass is 365 g/mol. The minimum atomic E-state index is -0.0257. The van der Waals surface area contributed by atoms with E-state index in [1.165, 1.54) is 0 Å². The first-order chi connectivity index (χ1) is 12.6. The van der Waals surface area contributed by atoms with Crippen molar-refractivity contribution in [3.63, 3.8) is 0 Å². The lowest BCUT2D eigenvalue weighted by Gasteiger charge is -2.13. The fourth-order valence-corrected chi connectivity index (χ4v) is 3.07. The normalized spacial score (nSPS) is 11.8. The van der Waals surface area contributed by atoms with E-state index >= 15 is 0 Å². The molecule has 0 radical (unpaired) electrons. The van der Waals surface area contributed by atoms with Crippen molar-refractivity contribution >= 4 is 23.2 Å². The van der Waals surface area contributed by atoms with E-state index < -0.39 is 0 Å². The highest BCUT2D eigenvalue weighted by Gasteiger charge is 2.13. The van der Waals surface area contributed by atoms with Crippen LogP contribution in [0.25, 0.3) is 11.1 Å². The van der Waals surface area contributed by atoms with Gasteiger partial charge in [0, 0.05) is 21.8 Å². The smallest absolute Gasteiger partial charge is 0.279 e. The van der Waals surface area contributed by atoms with Crippen LogP contribution in [0.2, 0.25) is 5.02 Å². The Morgan fingerprint density at radius 2 is 1.73 bits per heavy atom. The zero-order valence-corrected chi connectivity index (χ0v) is 15.4. The molecule has 26 heavy (non-hydrogen) atoms. The number of hydrogen-bond donors (Lipinski definition) is 2. The summed E-state index contributed by atoms with van der Waals surface area (Å²) in [5.74, 6) is -0.0257. The van der Waals surface area contributed by atoms with Gasteiger partial charge in [-0.25, -0.2) is 0 Å². The van der Waals surface area contributed by atoms with Gasteiger partial charge in [0.25, 0.3) is 5.91 Å². The minimum absolute atomic E-state index is 0.0257. The number of carbonyl (C=O) groups excluding carboxylic acids is 1. The number of carbonyl (C=O) groups is 1. The van der Waals surface area contributed by atoms with Crippen LogP contribution >= 0.6 is 11.6 Å². The third kappa shape index (κ3) is 4.72. The molecule has 3 nitrogen and oxygen atoms in total. The zero-order valence-electron chi connectivity index (χ0n) is 14.7. The molecule has 3 N–H and O–H groups in total. The Hall–Kier alpha value is -2.62. The quantitative estimate of drug-likeness (QED) is 0.673. The highest BCUT2D eigenvalue weighted by atomic mass is 35.5. The number of benzene rings is 3. The molecule has 3 rings (SSSR count). The van der Waals surface area contributed by atoms with E-state index in [-0.39, 0.29) is 11.9 Å². The van der Waals surface area contributed by atoms with Gasteiger partial charge < -0.3 is 10.6 Å². The second kappa shape index (κ2) is 8.65. The van der Waals surface area contributed by atoms with Crippen molar-refractivity contribution in [1.29, 1.82) is 0 Å². The summed E-state index contributed by atoms with van der Waals surface area (Å²) in [5.41, 5.74) is 4.03. The molecule has 1 amide bonds. The first-order valence-corrected chi connectivity index (χ1v) is 9.04. The third-order valence-electron chi connectivity index (χ3n) is 4.32. The first kappa shape index (κ1) is 18.2. The molecule has 0 aromatic heterocycles. The van der Waals surface area contributed by atoms with Gasteiger partial charge >= 0.3 is 0 Å². The Morgan fingerprint density at radius 3 is 2.50 bits per heavy atom. The molecule has 0 saturated carbocycles. The summed E-state index contributed by atoms with van der Waals surface area (Å²) in [4.78, 5) is 12.4. The van der Waals surface area contributed by atoms with Gasteiger partial charge in [-0.05, 0) is 30.7 Å². The summed E-state index contributed by atoms with van der Waals surface area (Å²) < 4.78 is 0. The molecule has 0 bridgehead atoms. The SMILES string of the molecule is C[C@H]([NH2+]CC(=O)Nc1ccccc1-c1ccccc1)c1cccc(Cl)c1. The summed E-state index contributed by atoms with van der Waals surface area (Å²) in [5, 5.41) is 5.75. The summed E-state index contributed by atoms with van der Waals surface area (Å²) in [6.07, 6.45) is 0. The second-order valence-corrected chi connectivity index (χ2v) is 6.68. The molecular weight excluding hydrogens is 344 g/mol. The van der Waals surface area contributed by atoms with E-state index in [4.69, 9.17) is 11.6 Å². The van der Waals surface area contributed by atoms with Gasteiger partial charge in [-0.3, -0.25) is 4.79 Å². The number of amides is 1. The predicted molar refractivity (Wildman–Crippen MR) is 107 cm³/mol. The molecule has 0 heterocycles. The van der Waals surface area contributed by atoms with Crippen LogP contribution in [-0.4, -0.2) is 12.5 Å². The van der Waals surface area contributed by atoms with Crippen molar-refractivity contribution in [2.45, 2.75) is 13.0 Å². The molecule has 3 aromatic rings. The van der Waals surface area contributed by atoms with Crippen molar-refractivity contribution in [2.75, 3.05) is 11.9 Å². The molecule has 0 spiro atoms. The van der Waals surface area contributed by atoms with Crippen LogP contribution in [-0.2, 0) is 4.79 Å². The molecule has 3 aromatic carbocycles. The first-order valence-electron chi connectivity index (χ1n) is 8.66. The van der Waals surface area contributed by atoms with Gasteiger partial charge in [-0.2, -0.15) is 0 Å². The summed E-state index contributed by atoms with van der Waals surface area (Å²) in [6, 6.07) is 25.8. The fraction of sp³-hybridized carbons (Fsp3) is 0.136. The number of halogens is 1. The maximum absolute atomic E-state index is 12.4. The van der Waals surface area contributed by atoms with Crippen molar-refractivity contribution in [2.24, 2.45) is 0 Å². The number of nitrogens with one attached hydrogen (secondary N) is 1. The highest BCUT2D eigenvalue weighted by Crippen LogP contribution is 2.27. The Morgan fingerprint density at radius 1 is 1.00 bits per heavy atom. The van der Waals surface area contributed by atoms with Crippen LogP contribution in [0.5, 0.6) is 0 Å². The molecule has 0 aliphatic heterocycles. The minimum Gasteiger partial charge on any atom is -0.333 e. The molecule has 0 unspecified atom stereocenters. The number of quaternary nitrogens is 1. The van der Waals surface area contributed by atoms with Crippen LogP contribution in [0.4, 0.5) is 5.69 Å². The third-order valence-corrected chi connectivity index (χ3v) is 4.55. The topological polar surface area (TPSA) is 45.7 Å². The van der Waals surface area contributed by atoms with Gasteiger partial charge in [0.05, 0.1) is 0 Å². The average molecular weight is 366 g/mol. The maximum Gasteiger partial charge on any atom is 0.279 e. The van der Waals surface area contributed by atoms with E-state index in [0.717, 1.165) is 22.4 Å². The van der Waals surface area contributed by atoms with E-state index in [2.05, 4.69) is 12.2 Å². The van der Waals surface area contributed by atoms with Gasteiger partial charge in [0.15, 0.2) is 6.54 Å². The molecule has 0 saturated heterocycles. The Kier molecular flexibility index (Phi) is 6.05. The van der Waals surface area contributed by atoms with Crippen molar-refractivity contribution < 1.29 is 10.1 Å². The highest BCUT2D eigenvalue weighted by molar-refractivity contribution is 6.30. The van der Waals surface area contributed by atoms with Gasteiger partial charge in [0.1, 0.15) is 6.04 Å². The van der Waals surface area contributed by atoms with Gasteiger partial charge in [0.2, 0.25) is 0 Å². The number of rotatable bonds is 6. The molecule has 4 heteroatoms. The molecule has 1 atom stereocenters. The number of hydrogen-bond acceptors (Lipinski definition) is 1. The van der Waals surface area contributed by atoms with Crippen LogP contribution in [0.3, 0.4) is 0 Å². The van der Waals surface area contributed by atoms with Crippen LogP contribution < -0.4 is 10.6 Å². The van der Waals surface area contributed by atoms with Gasteiger partial charge in [-0.1, -0.05) is 72.3 Å². The van der Waals surface area contributed by atoms with Gasteiger partial charge in [-0.15, -0.1) is 0 Å². The number of anilines is 1. The lowest BCUT2D eigenvalue weighted by atomic mass is 10.0. The second-order valence-electron chi connectivity index (χ2n) is 6.24. The summed E-state index contributed by atoms with van der Waals surface area (Å²) in [7, 11) is 0. The molecule has 0 aliphatic carbocycles. The standard InChI is InChI=1S/C22H21ClN2O/c1-16(18-10-7-11-19(23)14-18)24-15-22(26)25-21-13-6-5-12-20(21)17-8-3-2-4-9-17/h2-14,16,24H,15H2,1H3,(H,25,26)/p+1/t16-/m0/s1. The van der Waals surface area contributed by atoms with Crippen molar-refractivity contribution in [3.8, 4) is 11.1 Å². The molecule has 0 aliphatic rings. The fourth-order valence-electron chi connectivity index (χ4n) is 2.87. The summed E-state index contributed by atoms with van der Waals surface area (Å²) >= 11 is 6.04. The van der Waals surface area contributed by atoms with E-state index in [9.17, 15) is 4.79 Å². The Balaban J connectivity index is 1.64. The number of nitrogens with two attached hydrogens (primary N) is 1. The maximum atomic E-state index is 12.4. The molecule has 132 valence electrons. The zero-order chi connectivity index (χ0) is 18.4. The molecular formula is C22H22ClN2O+. The van der Waals surface area contributed by atoms with Crippen LogP contribution in [0, 0.1) is 0 Å². The average Bonchev–Trinajstić information content (AvgIpc) is 2.67. The van der Waals surface area contributed by atoms with Crippen molar-refractivity contribution in [3.05, 3.63) is 89.4 Å². The predicted octanol–water partition coefficient (Wildman–Crippen LogP) is 4.27. The number of para-hydroxylation sites is 1.